The van der Waals surface area contributed by atoms with Gasteiger partial charge in [-0.15, -0.1) is 11.3 Å². The molecule has 1 amide bonds. The van der Waals surface area contributed by atoms with E-state index in [1.807, 2.05) is 30.3 Å². The maximum absolute atomic E-state index is 12.2. The molecule has 1 aromatic heterocycles. The highest BCUT2D eigenvalue weighted by Gasteiger charge is 2.21. The Bertz CT molecular complexity index is 920. The topological polar surface area (TPSA) is 66.4 Å². The number of halogens is 1. The van der Waals surface area contributed by atoms with E-state index >= 15 is 0 Å². The Kier molecular flexibility index (Phi) is 5.71. The van der Waals surface area contributed by atoms with E-state index in [0.717, 1.165) is 11.1 Å². The summed E-state index contributed by atoms with van der Waals surface area (Å²) in [6, 6.07) is 16.6. The highest BCUT2D eigenvalue weighted by atomic mass is 35.5. The van der Waals surface area contributed by atoms with Crippen LogP contribution in [-0.4, -0.2) is 17.0 Å². The number of aromatic carboxylic acids is 1. The van der Waals surface area contributed by atoms with Gasteiger partial charge in [0.2, 0.25) is 5.91 Å². The first-order valence-electron chi connectivity index (χ1n) is 7.99. The number of carboxylic acid groups (broad SMARTS) is 1. The number of hydrogen-bond acceptors (Lipinski definition) is 3. The van der Waals surface area contributed by atoms with Gasteiger partial charge in [-0.25, -0.2) is 4.79 Å². The van der Waals surface area contributed by atoms with Crippen LogP contribution in [0.2, 0.25) is 5.02 Å². The zero-order valence-electron chi connectivity index (χ0n) is 13.7. The molecule has 2 N–H and O–H groups in total. The number of amides is 1. The number of carbonyl (C=O) groups excluding carboxylic acids is 1. The fourth-order valence-electron chi connectivity index (χ4n) is 2.59. The lowest BCUT2D eigenvalue weighted by molar-refractivity contribution is -0.116. The van der Waals surface area contributed by atoms with E-state index in [9.17, 15) is 14.7 Å². The zero-order chi connectivity index (χ0) is 18.5. The normalized spacial score (nSPS) is 10.5. The van der Waals surface area contributed by atoms with E-state index in [4.69, 9.17) is 11.6 Å². The van der Waals surface area contributed by atoms with Gasteiger partial charge in [0.1, 0.15) is 5.56 Å². The standard InChI is InChI=1S/C20H16ClNO3S/c21-15-9-7-14(8-10-15)19-18(20(24)25)16(12-26-19)22-17(23)11-6-13-4-2-1-3-5-13/h1-5,7-10,12H,6,11H2,(H,22,23)(H,24,25). The van der Waals surface area contributed by atoms with Crippen molar-refractivity contribution in [2.45, 2.75) is 12.8 Å². The Labute approximate surface area is 160 Å². The van der Waals surface area contributed by atoms with E-state index in [2.05, 4.69) is 5.32 Å². The second-order valence-corrected chi connectivity index (χ2v) is 7.02. The first-order valence-corrected chi connectivity index (χ1v) is 9.25. The van der Waals surface area contributed by atoms with Crippen molar-refractivity contribution in [3.05, 3.63) is 76.1 Å². The SMILES string of the molecule is O=C(CCc1ccccc1)Nc1csc(-c2ccc(Cl)cc2)c1C(=O)O. The zero-order valence-corrected chi connectivity index (χ0v) is 15.3. The molecule has 0 aliphatic rings. The van der Waals surface area contributed by atoms with Crippen LogP contribution in [0.25, 0.3) is 10.4 Å². The Morgan fingerprint density at radius 3 is 2.38 bits per heavy atom. The van der Waals surface area contributed by atoms with Crippen LogP contribution < -0.4 is 5.32 Å². The summed E-state index contributed by atoms with van der Waals surface area (Å²) in [5, 5.41) is 14.6. The predicted molar refractivity (Wildman–Crippen MR) is 105 cm³/mol. The number of hydrogen-bond donors (Lipinski definition) is 2. The van der Waals surface area contributed by atoms with Gasteiger partial charge in [-0.3, -0.25) is 4.79 Å². The van der Waals surface area contributed by atoms with Crippen LogP contribution in [0.4, 0.5) is 5.69 Å². The number of rotatable bonds is 6. The molecule has 0 aliphatic carbocycles. The number of carboxylic acids is 1. The van der Waals surface area contributed by atoms with Crippen molar-refractivity contribution in [1.82, 2.24) is 0 Å². The molecule has 6 heteroatoms. The fraction of sp³-hybridized carbons (Fsp3) is 0.100. The number of carbonyl (C=O) groups is 2. The summed E-state index contributed by atoms with van der Waals surface area (Å²) in [6.07, 6.45) is 0.887. The molecule has 0 spiro atoms. The summed E-state index contributed by atoms with van der Waals surface area (Å²) in [4.78, 5) is 24.6. The van der Waals surface area contributed by atoms with Crippen LogP contribution in [0.5, 0.6) is 0 Å². The van der Waals surface area contributed by atoms with Crippen LogP contribution >= 0.6 is 22.9 Å². The van der Waals surface area contributed by atoms with Gasteiger partial charge in [0.15, 0.2) is 0 Å². The third-order valence-electron chi connectivity index (χ3n) is 3.87. The third-order valence-corrected chi connectivity index (χ3v) is 5.15. The Morgan fingerprint density at radius 1 is 1.04 bits per heavy atom. The van der Waals surface area contributed by atoms with Crippen LogP contribution in [-0.2, 0) is 11.2 Å². The Morgan fingerprint density at radius 2 is 1.73 bits per heavy atom. The molecule has 0 aliphatic heterocycles. The largest absolute Gasteiger partial charge is 0.478 e. The van der Waals surface area contributed by atoms with E-state index in [0.29, 0.717) is 22.0 Å². The molecule has 0 bridgehead atoms. The molecular formula is C20H16ClNO3S. The maximum atomic E-state index is 12.2. The van der Waals surface area contributed by atoms with Crippen molar-refractivity contribution in [3.63, 3.8) is 0 Å². The summed E-state index contributed by atoms with van der Waals surface area (Å²) in [5.74, 6) is -1.29. The number of thiophene rings is 1. The Balaban J connectivity index is 1.76. The monoisotopic (exact) mass is 385 g/mol. The summed E-state index contributed by atoms with van der Waals surface area (Å²) in [7, 11) is 0. The quantitative estimate of drug-likeness (QED) is 0.602. The number of aryl methyl sites for hydroxylation is 1. The van der Waals surface area contributed by atoms with Crippen molar-refractivity contribution < 1.29 is 14.7 Å². The van der Waals surface area contributed by atoms with Crippen LogP contribution in [0, 0.1) is 0 Å². The molecule has 0 unspecified atom stereocenters. The minimum atomic E-state index is -1.07. The number of benzene rings is 2. The van der Waals surface area contributed by atoms with Gasteiger partial charge in [-0.2, -0.15) is 0 Å². The molecule has 3 aromatic rings. The van der Waals surface area contributed by atoms with E-state index in [1.54, 1.807) is 29.6 Å². The van der Waals surface area contributed by atoms with Gasteiger partial charge in [0, 0.05) is 16.8 Å². The summed E-state index contributed by atoms with van der Waals surface area (Å²) in [5.41, 5.74) is 2.24. The van der Waals surface area contributed by atoms with Gasteiger partial charge in [-0.1, -0.05) is 54.1 Å². The molecule has 4 nitrogen and oxygen atoms in total. The van der Waals surface area contributed by atoms with Crippen LogP contribution in [0.15, 0.2) is 60.0 Å². The minimum absolute atomic E-state index is 0.102. The molecule has 2 aromatic carbocycles. The highest BCUT2D eigenvalue weighted by molar-refractivity contribution is 7.14. The van der Waals surface area contributed by atoms with Crippen molar-refractivity contribution in [1.29, 1.82) is 0 Å². The third kappa shape index (κ3) is 4.31. The molecule has 26 heavy (non-hydrogen) atoms. The minimum Gasteiger partial charge on any atom is -0.478 e. The number of anilines is 1. The molecule has 1 heterocycles. The molecule has 0 atom stereocenters. The molecule has 0 saturated carbocycles. The summed E-state index contributed by atoms with van der Waals surface area (Å²) >= 11 is 7.17. The maximum Gasteiger partial charge on any atom is 0.339 e. The van der Waals surface area contributed by atoms with E-state index in [1.165, 1.54) is 11.3 Å². The van der Waals surface area contributed by atoms with Gasteiger partial charge < -0.3 is 10.4 Å². The van der Waals surface area contributed by atoms with Gasteiger partial charge in [0.25, 0.3) is 0 Å². The molecule has 132 valence electrons. The van der Waals surface area contributed by atoms with Crippen molar-refractivity contribution in [3.8, 4) is 10.4 Å². The van der Waals surface area contributed by atoms with E-state index < -0.39 is 5.97 Å². The second kappa shape index (κ2) is 8.17. The smallest absolute Gasteiger partial charge is 0.339 e. The average molecular weight is 386 g/mol. The average Bonchev–Trinajstić information content (AvgIpc) is 3.05. The lowest BCUT2D eigenvalue weighted by Gasteiger charge is -2.06. The highest BCUT2D eigenvalue weighted by Crippen LogP contribution is 2.36. The predicted octanol–water partition coefficient (Wildman–Crippen LogP) is 5.34. The summed E-state index contributed by atoms with van der Waals surface area (Å²) in [6.45, 7) is 0. The van der Waals surface area contributed by atoms with Gasteiger partial charge in [-0.05, 0) is 29.7 Å². The lowest BCUT2D eigenvalue weighted by Crippen LogP contribution is -2.14. The second-order valence-electron chi connectivity index (χ2n) is 5.70. The molecule has 0 saturated heterocycles. The van der Waals surface area contributed by atoms with E-state index in [-0.39, 0.29) is 17.9 Å². The molecular weight excluding hydrogens is 370 g/mol. The molecule has 0 radical (unpaired) electrons. The molecule has 0 fully saturated rings. The Hall–Kier alpha value is -2.63. The lowest BCUT2D eigenvalue weighted by atomic mass is 10.1. The first kappa shape index (κ1) is 18.2. The first-order chi connectivity index (χ1) is 12.5. The summed E-state index contributed by atoms with van der Waals surface area (Å²) < 4.78 is 0. The van der Waals surface area contributed by atoms with Crippen LogP contribution in [0.3, 0.4) is 0 Å². The van der Waals surface area contributed by atoms with Crippen molar-refractivity contribution in [2.75, 3.05) is 5.32 Å². The van der Waals surface area contributed by atoms with Crippen LogP contribution in [0.1, 0.15) is 22.3 Å². The number of nitrogens with one attached hydrogen (secondary N) is 1. The van der Waals surface area contributed by atoms with Crippen molar-refractivity contribution in [2.24, 2.45) is 0 Å². The van der Waals surface area contributed by atoms with Gasteiger partial charge >= 0.3 is 5.97 Å². The van der Waals surface area contributed by atoms with Crippen molar-refractivity contribution >= 4 is 40.5 Å². The fourth-order valence-corrected chi connectivity index (χ4v) is 3.72. The molecule has 3 rings (SSSR count). The van der Waals surface area contributed by atoms with Gasteiger partial charge in [0.05, 0.1) is 10.6 Å².